The summed E-state index contributed by atoms with van der Waals surface area (Å²) in [6, 6.07) is 19.9. The van der Waals surface area contributed by atoms with Crippen molar-refractivity contribution < 1.29 is 18.0 Å². The van der Waals surface area contributed by atoms with Crippen molar-refractivity contribution >= 4 is 62.3 Å². The van der Waals surface area contributed by atoms with E-state index in [2.05, 4.69) is 5.32 Å². The summed E-state index contributed by atoms with van der Waals surface area (Å²) in [4.78, 5) is 29.4. The average Bonchev–Trinajstić information content (AvgIpc) is 3.44. The predicted octanol–water partition coefficient (Wildman–Crippen LogP) is 6.11. The van der Waals surface area contributed by atoms with Crippen LogP contribution in [-0.2, 0) is 32.6 Å². The van der Waals surface area contributed by atoms with Crippen molar-refractivity contribution in [2.75, 3.05) is 17.1 Å². The molecule has 0 aromatic heterocycles. The van der Waals surface area contributed by atoms with Crippen LogP contribution in [0, 0.1) is 0 Å². The molecule has 0 bridgehead atoms. The van der Waals surface area contributed by atoms with E-state index in [1.165, 1.54) is 23.1 Å². The molecule has 7 nitrogen and oxygen atoms in total. The highest BCUT2D eigenvalue weighted by molar-refractivity contribution is 7.92. The van der Waals surface area contributed by atoms with Crippen LogP contribution in [0.15, 0.2) is 72.8 Å². The number of hydrogen-bond acceptors (Lipinski definition) is 4. The number of rotatable bonds is 11. The highest BCUT2D eigenvalue weighted by atomic mass is 35.5. The number of hydrogen-bond donors (Lipinski definition) is 1. The van der Waals surface area contributed by atoms with E-state index >= 15 is 0 Å². The first-order valence-electron chi connectivity index (χ1n) is 13.3. The van der Waals surface area contributed by atoms with Gasteiger partial charge in [-0.05, 0) is 54.3 Å². The molecule has 3 aromatic carbocycles. The Morgan fingerprint density at radius 2 is 1.59 bits per heavy atom. The van der Waals surface area contributed by atoms with Gasteiger partial charge in [0.1, 0.15) is 12.6 Å². The lowest BCUT2D eigenvalue weighted by atomic mass is 10.0. The Morgan fingerprint density at radius 1 is 0.902 bits per heavy atom. The summed E-state index contributed by atoms with van der Waals surface area (Å²) in [5.41, 5.74) is 1.76. The summed E-state index contributed by atoms with van der Waals surface area (Å²) in [6.45, 7) is -0.493. The van der Waals surface area contributed by atoms with E-state index in [9.17, 15) is 18.0 Å². The Bertz CT molecular complexity index is 1480. The fourth-order valence-corrected chi connectivity index (χ4v) is 6.35. The highest BCUT2D eigenvalue weighted by Gasteiger charge is 2.34. The van der Waals surface area contributed by atoms with Crippen molar-refractivity contribution in [2.45, 2.75) is 50.7 Å². The Kier molecular flexibility index (Phi) is 10.6. The molecule has 2 amide bonds. The van der Waals surface area contributed by atoms with E-state index in [0.29, 0.717) is 10.6 Å². The van der Waals surface area contributed by atoms with Crippen LogP contribution in [-0.4, -0.2) is 50.0 Å². The van der Waals surface area contributed by atoms with Gasteiger partial charge in [-0.3, -0.25) is 13.9 Å². The molecule has 1 saturated carbocycles. The highest BCUT2D eigenvalue weighted by Crippen LogP contribution is 2.29. The first kappa shape index (κ1) is 31.2. The minimum atomic E-state index is -3.92. The van der Waals surface area contributed by atoms with E-state index in [-0.39, 0.29) is 40.6 Å². The van der Waals surface area contributed by atoms with Gasteiger partial charge in [0, 0.05) is 24.0 Å². The summed E-state index contributed by atoms with van der Waals surface area (Å²) < 4.78 is 26.8. The first-order valence-corrected chi connectivity index (χ1v) is 16.3. The third kappa shape index (κ3) is 8.61. The Hall–Kier alpha value is -2.78. The molecule has 1 fully saturated rings. The lowest BCUT2D eigenvalue weighted by molar-refractivity contribution is -0.140. The molecule has 1 aliphatic carbocycles. The molecule has 0 radical (unpaired) electrons. The molecule has 0 heterocycles. The van der Waals surface area contributed by atoms with Gasteiger partial charge in [0.15, 0.2) is 0 Å². The molecule has 11 heteroatoms. The second kappa shape index (κ2) is 13.9. The van der Waals surface area contributed by atoms with E-state index in [1.54, 1.807) is 18.2 Å². The number of nitrogens with zero attached hydrogens (tertiary/aromatic N) is 2. The molecular weight excluding hydrogens is 605 g/mol. The van der Waals surface area contributed by atoms with E-state index in [4.69, 9.17) is 34.8 Å². The third-order valence-electron chi connectivity index (χ3n) is 7.08. The molecule has 0 aliphatic heterocycles. The van der Waals surface area contributed by atoms with Crippen molar-refractivity contribution in [3.05, 3.63) is 99.0 Å². The lowest BCUT2D eigenvalue weighted by Gasteiger charge is -2.34. The second-order valence-corrected chi connectivity index (χ2v) is 13.4. The summed E-state index contributed by atoms with van der Waals surface area (Å²) in [5, 5.41) is 4.03. The van der Waals surface area contributed by atoms with E-state index in [0.717, 1.165) is 41.8 Å². The number of carbonyl (C=O) groups is 2. The molecule has 1 atom stereocenters. The lowest BCUT2D eigenvalue weighted by Crippen LogP contribution is -2.54. The van der Waals surface area contributed by atoms with Gasteiger partial charge < -0.3 is 10.2 Å². The maximum Gasteiger partial charge on any atom is 0.244 e. The zero-order chi connectivity index (χ0) is 29.6. The second-order valence-electron chi connectivity index (χ2n) is 10.2. The Labute approximate surface area is 256 Å². The van der Waals surface area contributed by atoms with Gasteiger partial charge >= 0.3 is 0 Å². The summed E-state index contributed by atoms with van der Waals surface area (Å²) in [5.74, 6) is -0.833. The Morgan fingerprint density at radius 3 is 2.22 bits per heavy atom. The minimum Gasteiger partial charge on any atom is -0.352 e. The fourth-order valence-electron chi connectivity index (χ4n) is 5.01. The van der Waals surface area contributed by atoms with Gasteiger partial charge in [-0.15, -0.1) is 0 Å². The van der Waals surface area contributed by atoms with Gasteiger partial charge in [-0.2, -0.15) is 0 Å². The molecule has 3 aromatic rings. The summed E-state index contributed by atoms with van der Waals surface area (Å²) in [6.07, 6.45) is 5.09. The molecule has 0 unspecified atom stereocenters. The maximum absolute atomic E-state index is 14.1. The minimum absolute atomic E-state index is 0.0348. The number of nitrogens with one attached hydrogen (secondary N) is 1. The van der Waals surface area contributed by atoms with Gasteiger partial charge in [-0.25, -0.2) is 8.42 Å². The van der Waals surface area contributed by atoms with Crippen LogP contribution in [0.5, 0.6) is 0 Å². The van der Waals surface area contributed by atoms with Gasteiger partial charge in [0.05, 0.1) is 22.0 Å². The van der Waals surface area contributed by atoms with Crippen molar-refractivity contribution in [1.82, 2.24) is 10.2 Å². The number of carbonyl (C=O) groups excluding carboxylic acids is 2. The van der Waals surface area contributed by atoms with Crippen LogP contribution < -0.4 is 9.62 Å². The van der Waals surface area contributed by atoms with Gasteiger partial charge in [0.25, 0.3) is 0 Å². The monoisotopic (exact) mass is 635 g/mol. The van der Waals surface area contributed by atoms with Crippen LogP contribution in [0.3, 0.4) is 0 Å². The zero-order valence-electron chi connectivity index (χ0n) is 22.6. The molecule has 218 valence electrons. The van der Waals surface area contributed by atoms with Crippen molar-refractivity contribution in [2.24, 2.45) is 0 Å². The predicted molar refractivity (Wildman–Crippen MR) is 165 cm³/mol. The van der Waals surface area contributed by atoms with Crippen LogP contribution >= 0.6 is 34.8 Å². The largest absolute Gasteiger partial charge is 0.352 e. The molecule has 0 spiro atoms. The quantitative estimate of drug-likeness (QED) is 0.275. The van der Waals surface area contributed by atoms with Crippen molar-refractivity contribution in [3.8, 4) is 0 Å². The smallest absolute Gasteiger partial charge is 0.244 e. The fraction of sp³-hybridized carbons (Fsp3) is 0.333. The normalized spacial score (nSPS) is 14.4. The molecule has 4 rings (SSSR count). The molecule has 41 heavy (non-hydrogen) atoms. The standard InChI is InChI=1S/C30H32Cl3N3O4S/c1-41(39,40)36(25-14-15-26(32)27(33)18-25)20-29(37)35(19-22-10-7-11-23(31)16-22)28(17-21-8-3-2-4-9-21)30(38)34-24-12-5-6-13-24/h2-4,7-11,14-16,18,24,28H,5-6,12-13,17,19-20H2,1H3,(H,34,38)/t28-/m1/s1. The maximum atomic E-state index is 14.1. The molecule has 1 N–H and O–H groups in total. The molecular formula is C30H32Cl3N3O4S. The van der Waals surface area contributed by atoms with Crippen LogP contribution in [0.4, 0.5) is 5.69 Å². The number of halogens is 3. The Balaban J connectivity index is 1.73. The van der Waals surface area contributed by atoms with E-state index in [1.807, 2.05) is 36.4 Å². The summed E-state index contributed by atoms with van der Waals surface area (Å²) >= 11 is 18.5. The zero-order valence-corrected chi connectivity index (χ0v) is 25.7. The third-order valence-corrected chi connectivity index (χ3v) is 9.20. The number of sulfonamides is 1. The first-order chi connectivity index (χ1) is 19.5. The van der Waals surface area contributed by atoms with Gasteiger partial charge in [0.2, 0.25) is 21.8 Å². The van der Waals surface area contributed by atoms with Crippen LogP contribution in [0.1, 0.15) is 36.8 Å². The average molecular weight is 637 g/mol. The van der Waals surface area contributed by atoms with E-state index < -0.39 is 28.5 Å². The number of benzene rings is 3. The van der Waals surface area contributed by atoms with Gasteiger partial charge in [-0.1, -0.05) is 90.1 Å². The number of anilines is 1. The van der Waals surface area contributed by atoms with Crippen molar-refractivity contribution in [3.63, 3.8) is 0 Å². The van der Waals surface area contributed by atoms with Crippen LogP contribution in [0.2, 0.25) is 15.1 Å². The summed E-state index contributed by atoms with van der Waals surface area (Å²) in [7, 11) is -3.92. The topological polar surface area (TPSA) is 86.8 Å². The number of amides is 2. The SMILES string of the molecule is CS(=O)(=O)N(CC(=O)N(Cc1cccc(Cl)c1)[C@H](Cc1ccccc1)C(=O)NC1CCCC1)c1ccc(Cl)c(Cl)c1. The molecule has 0 saturated heterocycles. The van der Waals surface area contributed by atoms with Crippen molar-refractivity contribution in [1.29, 1.82) is 0 Å². The van der Waals surface area contributed by atoms with Crippen LogP contribution in [0.25, 0.3) is 0 Å². The molecule has 1 aliphatic rings.